The summed E-state index contributed by atoms with van der Waals surface area (Å²) in [4.78, 5) is 4.06. The number of nitrogens with zero attached hydrogens (tertiary/aromatic N) is 1. The van der Waals surface area contributed by atoms with E-state index in [4.69, 9.17) is 4.74 Å². The number of hydrogen-bond acceptors (Lipinski definition) is 2. The third kappa shape index (κ3) is 4.94. The van der Waals surface area contributed by atoms with E-state index in [0.29, 0.717) is 5.92 Å². The molecular formula is C10H19NO. The van der Waals surface area contributed by atoms with Gasteiger partial charge in [-0.25, -0.2) is 4.99 Å². The number of ether oxygens (including phenoxy) is 1. The van der Waals surface area contributed by atoms with Crippen LogP contribution in [0.3, 0.4) is 0 Å². The second-order valence-corrected chi connectivity index (χ2v) is 2.84. The predicted octanol–water partition coefficient (Wildman–Crippen LogP) is 3.00. The molecule has 12 heavy (non-hydrogen) atoms. The average Bonchev–Trinajstić information content (AvgIpc) is 2.11. The Morgan fingerprint density at radius 3 is 2.58 bits per heavy atom. The predicted molar refractivity (Wildman–Crippen MR) is 53.3 cm³/mol. The van der Waals surface area contributed by atoms with Crippen LogP contribution in [0.1, 0.15) is 34.1 Å². The molecule has 0 aliphatic rings. The fourth-order valence-electron chi connectivity index (χ4n) is 0.668. The molecule has 0 aromatic carbocycles. The van der Waals surface area contributed by atoms with Crippen molar-refractivity contribution < 1.29 is 4.74 Å². The van der Waals surface area contributed by atoms with Crippen LogP contribution in [0.15, 0.2) is 17.0 Å². The third-order valence-corrected chi connectivity index (χ3v) is 1.72. The molecule has 0 radical (unpaired) electrons. The van der Waals surface area contributed by atoms with Crippen LogP contribution in [0.5, 0.6) is 0 Å². The summed E-state index contributed by atoms with van der Waals surface area (Å²) in [7, 11) is 0. The summed E-state index contributed by atoms with van der Waals surface area (Å²) in [5.74, 6) is 1.32. The topological polar surface area (TPSA) is 21.6 Å². The van der Waals surface area contributed by atoms with Gasteiger partial charge in [0.25, 0.3) is 0 Å². The zero-order valence-electron chi connectivity index (χ0n) is 8.50. The van der Waals surface area contributed by atoms with Gasteiger partial charge in [0, 0.05) is 6.21 Å². The Balaban J connectivity index is 3.74. The maximum Gasteiger partial charge on any atom is 0.208 e. The molecular weight excluding hydrogens is 150 g/mol. The molecule has 0 bridgehead atoms. The van der Waals surface area contributed by atoms with E-state index in [2.05, 4.69) is 18.8 Å². The lowest BCUT2D eigenvalue weighted by Crippen LogP contribution is -2.03. The van der Waals surface area contributed by atoms with Gasteiger partial charge >= 0.3 is 0 Å². The van der Waals surface area contributed by atoms with Gasteiger partial charge < -0.3 is 4.74 Å². The largest absolute Gasteiger partial charge is 0.478 e. The molecule has 0 fully saturated rings. The van der Waals surface area contributed by atoms with Gasteiger partial charge in [0.05, 0.1) is 6.61 Å². The monoisotopic (exact) mass is 169 g/mol. The molecule has 0 rings (SSSR count). The third-order valence-electron chi connectivity index (χ3n) is 1.72. The Labute approximate surface area is 75.3 Å². The lowest BCUT2D eigenvalue weighted by Gasteiger charge is -2.10. The lowest BCUT2D eigenvalue weighted by molar-refractivity contribution is 0.168. The molecule has 1 unspecified atom stereocenters. The van der Waals surface area contributed by atoms with Gasteiger partial charge in [-0.05, 0) is 25.8 Å². The molecule has 0 amide bonds. The van der Waals surface area contributed by atoms with E-state index in [0.717, 1.165) is 18.9 Å². The van der Waals surface area contributed by atoms with Crippen molar-refractivity contribution in [3.63, 3.8) is 0 Å². The quantitative estimate of drug-likeness (QED) is 0.458. The Kier molecular flexibility index (Phi) is 6.44. The smallest absolute Gasteiger partial charge is 0.208 e. The number of allylic oxidation sites excluding steroid dienone is 1. The molecule has 70 valence electrons. The number of hydrogen-bond donors (Lipinski definition) is 0. The van der Waals surface area contributed by atoms with Gasteiger partial charge in [-0.2, -0.15) is 0 Å². The van der Waals surface area contributed by atoms with Crippen molar-refractivity contribution in [1.82, 2.24) is 0 Å². The van der Waals surface area contributed by atoms with E-state index < -0.39 is 0 Å². The second-order valence-electron chi connectivity index (χ2n) is 2.84. The van der Waals surface area contributed by atoms with Gasteiger partial charge in [-0.15, -0.1) is 0 Å². The molecule has 0 heterocycles. The molecule has 0 N–H and O–H groups in total. The van der Waals surface area contributed by atoms with E-state index in [-0.39, 0.29) is 0 Å². The van der Waals surface area contributed by atoms with Crippen molar-refractivity contribution in [2.75, 3.05) is 6.61 Å². The molecule has 0 aromatic heterocycles. The van der Waals surface area contributed by atoms with Crippen LogP contribution in [-0.2, 0) is 4.74 Å². The second kappa shape index (κ2) is 6.89. The minimum Gasteiger partial charge on any atom is -0.478 e. The first-order chi connectivity index (χ1) is 5.74. The first kappa shape index (κ1) is 11.2. The Hall–Kier alpha value is -0.790. The van der Waals surface area contributed by atoms with E-state index in [1.807, 2.05) is 19.9 Å². The summed E-state index contributed by atoms with van der Waals surface area (Å²) >= 11 is 0. The molecule has 2 nitrogen and oxygen atoms in total. The average molecular weight is 169 g/mol. The standard InChI is InChI=1S/C10H19NO/c1-5-9(4)8-12-10(6-2)11-7-3/h6-7,9H,5,8H2,1-4H3/b10-6+,11-7-. The fraction of sp³-hybridized carbons (Fsp3) is 0.700. The lowest BCUT2D eigenvalue weighted by atomic mass is 10.1. The summed E-state index contributed by atoms with van der Waals surface area (Å²) in [5.41, 5.74) is 0. The first-order valence-electron chi connectivity index (χ1n) is 4.52. The van der Waals surface area contributed by atoms with Crippen LogP contribution < -0.4 is 0 Å². The Morgan fingerprint density at radius 1 is 1.50 bits per heavy atom. The van der Waals surface area contributed by atoms with E-state index >= 15 is 0 Å². The number of aliphatic imine (C=N–C) groups is 1. The Bertz CT molecular complexity index is 161. The van der Waals surface area contributed by atoms with Crippen LogP contribution in [0.25, 0.3) is 0 Å². The van der Waals surface area contributed by atoms with Crippen molar-refractivity contribution in [3.05, 3.63) is 12.0 Å². The normalized spacial score (nSPS) is 15.2. The van der Waals surface area contributed by atoms with Crippen molar-refractivity contribution in [1.29, 1.82) is 0 Å². The maximum atomic E-state index is 5.45. The molecule has 2 heteroatoms. The molecule has 0 saturated heterocycles. The molecule has 0 aliphatic heterocycles. The van der Waals surface area contributed by atoms with Crippen molar-refractivity contribution in [2.45, 2.75) is 34.1 Å². The van der Waals surface area contributed by atoms with Crippen LogP contribution in [0.2, 0.25) is 0 Å². The molecule has 0 spiro atoms. The van der Waals surface area contributed by atoms with Crippen LogP contribution in [-0.4, -0.2) is 12.8 Å². The Morgan fingerprint density at radius 2 is 2.17 bits per heavy atom. The fourth-order valence-corrected chi connectivity index (χ4v) is 0.668. The summed E-state index contributed by atoms with van der Waals surface area (Å²) in [5, 5.41) is 0. The summed E-state index contributed by atoms with van der Waals surface area (Å²) in [6.45, 7) is 8.90. The van der Waals surface area contributed by atoms with Crippen LogP contribution in [0, 0.1) is 5.92 Å². The first-order valence-corrected chi connectivity index (χ1v) is 4.52. The number of rotatable bonds is 5. The van der Waals surface area contributed by atoms with Crippen LogP contribution in [0.4, 0.5) is 0 Å². The van der Waals surface area contributed by atoms with Gasteiger partial charge in [0.2, 0.25) is 5.88 Å². The van der Waals surface area contributed by atoms with Crippen molar-refractivity contribution in [2.24, 2.45) is 10.9 Å². The highest BCUT2D eigenvalue weighted by atomic mass is 16.5. The minimum absolute atomic E-state index is 0.604. The van der Waals surface area contributed by atoms with E-state index in [9.17, 15) is 0 Å². The molecule has 0 aromatic rings. The molecule has 0 saturated carbocycles. The van der Waals surface area contributed by atoms with Crippen LogP contribution >= 0.6 is 0 Å². The van der Waals surface area contributed by atoms with Crippen molar-refractivity contribution in [3.8, 4) is 0 Å². The SMILES string of the molecule is C/C=N\C(=C/C)OCC(C)CC. The highest BCUT2D eigenvalue weighted by Gasteiger charge is 1.99. The van der Waals surface area contributed by atoms with Gasteiger partial charge in [-0.1, -0.05) is 20.3 Å². The van der Waals surface area contributed by atoms with E-state index in [1.165, 1.54) is 0 Å². The van der Waals surface area contributed by atoms with E-state index in [1.54, 1.807) is 6.21 Å². The summed E-state index contributed by atoms with van der Waals surface area (Å²) in [6.07, 6.45) is 4.77. The summed E-state index contributed by atoms with van der Waals surface area (Å²) in [6, 6.07) is 0. The zero-order chi connectivity index (χ0) is 9.40. The highest BCUT2D eigenvalue weighted by Crippen LogP contribution is 2.05. The van der Waals surface area contributed by atoms with Gasteiger partial charge in [0.1, 0.15) is 0 Å². The van der Waals surface area contributed by atoms with Gasteiger partial charge in [-0.3, -0.25) is 0 Å². The molecule has 0 aliphatic carbocycles. The van der Waals surface area contributed by atoms with Gasteiger partial charge in [0.15, 0.2) is 0 Å². The minimum atomic E-state index is 0.604. The van der Waals surface area contributed by atoms with Crippen molar-refractivity contribution >= 4 is 6.21 Å². The molecule has 1 atom stereocenters. The zero-order valence-corrected chi connectivity index (χ0v) is 8.50. The maximum absolute atomic E-state index is 5.45. The summed E-state index contributed by atoms with van der Waals surface area (Å²) < 4.78 is 5.45. The highest BCUT2D eigenvalue weighted by molar-refractivity contribution is 5.54.